The van der Waals surface area contributed by atoms with E-state index in [-0.39, 0.29) is 23.3 Å². The first-order chi connectivity index (χ1) is 19.0. The number of carbonyl (C=O) groups is 2. The molecule has 236 valence electrons. The van der Waals surface area contributed by atoms with Gasteiger partial charge in [0.2, 0.25) is 5.91 Å². The number of methoxy groups -OCH3 is 1. The fourth-order valence-electron chi connectivity index (χ4n) is 10.1. The molecule has 0 radical (unpaired) electrons. The fraction of sp³-hybridized carbons (Fsp3) is 0.943. The number of rotatable bonds is 9. The van der Waals surface area contributed by atoms with Crippen molar-refractivity contribution in [3.63, 3.8) is 0 Å². The topological polar surface area (TPSA) is 64.6 Å². The maximum absolute atomic E-state index is 12.6. The number of hydrogen-bond donors (Lipinski definition) is 1. The van der Waals surface area contributed by atoms with E-state index in [0.29, 0.717) is 47.7 Å². The Hall–Kier alpha value is -0.883. The monoisotopic (exact) mass is 589 g/mol. The summed E-state index contributed by atoms with van der Waals surface area (Å²) in [5, 5.41) is 3.15. The largest absolute Gasteiger partial charge is 0.469 e. The van der Waals surface area contributed by atoms with Crippen LogP contribution in [0.5, 0.6) is 0 Å². The molecule has 5 nitrogen and oxygen atoms in total. The van der Waals surface area contributed by atoms with Crippen molar-refractivity contribution in [1.82, 2.24) is 5.32 Å². The molecule has 1 amide bonds. The van der Waals surface area contributed by atoms with Crippen molar-refractivity contribution in [3.05, 3.63) is 0 Å². The molecule has 0 heterocycles. The van der Waals surface area contributed by atoms with E-state index in [1.807, 2.05) is 0 Å². The van der Waals surface area contributed by atoms with Crippen LogP contribution in [-0.2, 0) is 18.8 Å². The van der Waals surface area contributed by atoms with E-state index in [9.17, 15) is 9.59 Å². The Morgan fingerprint density at radius 1 is 0.976 bits per heavy atom. The van der Waals surface area contributed by atoms with Crippen LogP contribution in [-0.4, -0.2) is 40.0 Å². The van der Waals surface area contributed by atoms with E-state index < -0.39 is 8.32 Å². The molecular formula is C35H63NO4Si. The lowest BCUT2D eigenvalue weighted by Gasteiger charge is -2.64. The molecule has 0 aromatic carbocycles. The van der Waals surface area contributed by atoms with Gasteiger partial charge in [-0.25, -0.2) is 0 Å². The molecule has 4 aliphatic rings. The second-order valence-electron chi connectivity index (χ2n) is 16.9. The summed E-state index contributed by atoms with van der Waals surface area (Å²) >= 11 is 0. The Morgan fingerprint density at radius 2 is 1.63 bits per heavy atom. The van der Waals surface area contributed by atoms with Gasteiger partial charge in [-0.1, -0.05) is 54.9 Å². The molecule has 4 rings (SSSR count). The van der Waals surface area contributed by atoms with E-state index in [4.69, 9.17) is 9.16 Å². The van der Waals surface area contributed by atoms with Crippen LogP contribution in [0.1, 0.15) is 119 Å². The third kappa shape index (κ3) is 6.49. The second-order valence-corrected chi connectivity index (χ2v) is 21.7. The van der Waals surface area contributed by atoms with Gasteiger partial charge in [0, 0.05) is 19.1 Å². The number of carbonyl (C=O) groups excluding carboxylic acids is 2. The molecule has 41 heavy (non-hydrogen) atoms. The van der Waals surface area contributed by atoms with Gasteiger partial charge in [0.1, 0.15) is 0 Å². The summed E-state index contributed by atoms with van der Waals surface area (Å²) in [5.74, 6) is 4.83. The van der Waals surface area contributed by atoms with Crippen LogP contribution in [0.25, 0.3) is 0 Å². The van der Waals surface area contributed by atoms with Gasteiger partial charge in [-0.05, 0) is 122 Å². The van der Waals surface area contributed by atoms with Gasteiger partial charge in [-0.2, -0.15) is 0 Å². The second kappa shape index (κ2) is 12.2. The summed E-state index contributed by atoms with van der Waals surface area (Å²) in [7, 11) is -0.506. The lowest BCUT2D eigenvalue weighted by molar-refractivity contribution is -0.165. The molecule has 1 N–H and O–H groups in total. The standard InChI is InChI=1S/C35H63NO4Si/c1-23-15-18-34(6)25(21-23)22-29(40-41(9,10)33(3,4)5)32-27-13-12-26(35(27,7)19-16-28(32)34)24(2)11-14-30(37)36-20-17-31(38)39-8/h23-29,32H,11-22H2,1-10H3,(H,36,37)/t23-,24-,25+,26-,27?,28?,29-,32+,34+,35-/m1/s1. The number of amides is 1. The van der Waals surface area contributed by atoms with Crippen molar-refractivity contribution in [1.29, 1.82) is 0 Å². The Labute approximate surface area is 253 Å². The molecule has 6 heteroatoms. The Morgan fingerprint density at radius 3 is 2.29 bits per heavy atom. The number of ether oxygens (including phenoxy) is 1. The summed E-state index contributed by atoms with van der Waals surface area (Å²) in [6, 6.07) is 0. The van der Waals surface area contributed by atoms with E-state index in [2.05, 4.69) is 66.9 Å². The molecule has 0 aliphatic heterocycles. The Bertz CT molecular complexity index is 945. The molecule has 10 atom stereocenters. The minimum Gasteiger partial charge on any atom is -0.469 e. The van der Waals surface area contributed by atoms with Crippen molar-refractivity contribution >= 4 is 20.2 Å². The van der Waals surface area contributed by atoms with Gasteiger partial charge in [-0.3, -0.25) is 9.59 Å². The van der Waals surface area contributed by atoms with Crippen LogP contribution in [0.15, 0.2) is 0 Å². The van der Waals surface area contributed by atoms with Crippen LogP contribution < -0.4 is 5.32 Å². The highest BCUT2D eigenvalue weighted by molar-refractivity contribution is 6.74. The predicted octanol–water partition coefficient (Wildman–Crippen LogP) is 8.38. The van der Waals surface area contributed by atoms with E-state index in [1.54, 1.807) is 0 Å². The molecule has 0 aromatic heterocycles. The van der Waals surface area contributed by atoms with Crippen molar-refractivity contribution in [2.45, 2.75) is 143 Å². The number of fused-ring (bicyclic) bond motifs is 5. The third-order valence-corrected chi connectivity index (χ3v) is 18.1. The van der Waals surface area contributed by atoms with Crippen molar-refractivity contribution in [3.8, 4) is 0 Å². The first kappa shape index (κ1) is 33.0. The third-order valence-electron chi connectivity index (χ3n) is 13.6. The quantitative estimate of drug-likeness (QED) is 0.217. The van der Waals surface area contributed by atoms with Gasteiger partial charge in [0.05, 0.1) is 13.5 Å². The minimum atomic E-state index is -1.89. The number of hydrogen-bond acceptors (Lipinski definition) is 4. The maximum atomic E-state index is 12.6. The first-order valence-corrected chi connectivity index (χ1v) is 20.0. The summed E-state index contributed by atoms with van der Waals surface area (Å²) in [5.41, 5.74) is 0.805. The zero-order chi connectivity index (χ0) is 30.4. The molecule has 0 spiro atoms. The molecule has 4 aliphatic carbocycles. The van der Waals surface area contributed by atoms with Gasteiger partial charge < -0.3 is 14.5 Å². The molecule has 0 bridgehead atoms. The summed E-state index contributed by atoms with van der Waals surface area (Å²) in [4.78, 5) is 23.9. The van der Waals surface area contributed by atoms with Crippen LogP contribution >= 0.6 is 0 Å². The zero-order valence-electron chi connectivity index (χ0n) is 28.2. The highest BCUT2D eigenvalue weighted by Crippen LogP contribution is 2.69. The van der Waals surface area contributed by atoms with Crippen LogP contribution in [0, 0.1) is 52.3 Å². The van der Waals surface area contributed by atoms with Crippen molar-refractivity contribution < 1.29 is 18.8 Å². The smallest absolute Gasteiger partial charge is 0.307 e. The highest BCUT2D eigenvalue weighted by atomic mass is 28.4. The average molecular weight is 590 g/mol. The fourth-order valence-corrected chi connectivity index (χ4v) is 11.5. The SMILES string of the molecule is COC(=O)CCNC(=O)CC[C@@H](C)[C@H]1CCC2[C@H]3C(CC[C@@]21C)[C@@]1(C)CC[C@@H](C)C[C@H]1C[C@H]3O[Si](C)(C)C(C)(C)C. The van der Waals surface area contributed by atoms with E-state index in [0.717, 1.165) is 30.1 Å². The lowest BCUT2D eigenvalue weighted by atomic mass is 9.43. The Balaban J connectivity index is 1.51. The van der Waals surface area contributed by atoms with Crippen LogP contribution in [0.3, 0.4) is 0 Å². The minimum absolute atomic E-state index is 0.0600. The highest BCUT2D eigenvalue weighted by Gasteiger charge is 2.63. The van der Waals surface area contributed by atoms with E-state index >= 15 is 0 Å². The lowest BCUT2D eigenvalue weighted by Crippen LogP contribution is -2.60. The van der Waals surface area contributed by atoms with Gasteiger partial charge >= 0.3 is 5.97 Å². The van der Waals surface area contributed by atoms with E-state index in [1.165, 1.54) is 58.5 Å². The van der Waals surface area contributed by atoms with Gasteiger partial charge in [0.25, 0.3) is 0 Å². The normalized spacial score (nSPS) is 39.7. The predicted molar refractivity (Wildman–Crippen MR) is 170 cm³/mol. The first-order valence-electron chi connectivity index (χ1n) is 17.0. The summed E-state index contributed by atoms with van der Waals surface area (Å²) in [6.07, 6.45) is 12.9. The van der Waals surface area contributed by atoms with Crippen LogP contribution in [0.2, 0.25) is 18.1 Å². The number of nitrogens with one attached hydrogen (secondary N) is 1. The molecule has 0 aromatic rings. The van der Waals surface area contributed by atoms with Crippen molar-refractivity contribution in [2.75, 3.05) is 13.7 Å². The molecule has 0 saturated heterocycles. The van der Waals surface area contributed by atoms with Gasteiger partial charge in [0.15, 0.2) is 8.32 Å². The van der Waals surface area contributed by atoms with Gasteiger partial charge in [-0.15, -0.1) is 0 Å². The van der Waals surface area contributed by atoms with Crippen molar-refractivity contribution in [2.24, 2.45) is 52.3 Å². The maximum Gasteiger partial charge on any atom is 0.307 e. The molecule has 4 fully saturated rings. The average Bonchev–Trinajstić information content (AvgIpc) is 3.24. The zero-order valence-corrected chi connectivity index (χ0v) is 29.2. The summed E-state index contributed by atoms with van der Waals surface area (Å²) < 4.78 is 12.2. The number of esters is 1. The van der Waals surface area contributed by atoms with Crippen LogP contribution in [0.4, 0.5) is 0 Å². The molecule has 4 saturated carbocycles. The Kier molecular flexibility index (Phi) is 9.86. The molecule has 2 unspecified atom stereocenters. The molecular weight excluding hydrogens is 526 g/mol. The summed E-state index contributed by atoms with van der Waals surface area (Å²) in [6.45, 7) is 22.7.